The van der Waals surface area contributed by atoms with Crippen LogP contribution in [-0.2, 0) is 0 Å². The Morgan fingerprint density at radius 1 is 1.28 bits per heavy atom. The van der Waals surface area contributed by atoms with Gasteiger partial charge in [-0.25, -0.2) is 4.98 Å². The first kappa shape index (κ1) is 13.3. The van der Waals surface area contributed by atoms with E-state index in [1.807, 2.05) is 6.20 Å². The van der Waals surface area contributed by atoms with Gasteiger partial charge in [0.05, 0.1) is 11.9 Å². The zero-order valence-corrected chi connectivity index (χ0v) is 12.5. The first-order chi connectivity index (χ1) is 8.70. The van der Waals surface area contributed by atoms with Crippen molar-refractivity contribution >= 4 is 15.9 Å². The molecule has 0 saturated heterocycles. The van der Waals surface area contributed by atoms with Gasteiger partial charge in [0.25, 0.3) is 0 Å². The average molecular weight is 307 g/mol. The van der Waals surface area contributed by atoms with Crippen LogP contribution in [0.3, 0.4) is 0 Å². The van der Waals surface area contributed by atoms with Gasteiger partial charge < -0.3 is 4.98 Å². The Kier molecular flexibility index (Phi) is 4.59. The van der Waals surface area contributed by atoms with Crippen LogP contribution in [0.15, 0.2) is 34.9 Å². The lowest BCUT2D eigenvalue weighted by Crippen LogP contribution is -1.95. The first-order valence-corrected chi connectivity index (χ1v) is 7.31. The minimum absolute atomic E-state index is 0.508. The van der Waals surface area contributed by atoms with Crippen molar-refractivity contribution in [3.8, 4) is 11.3 Å². The van der Waals surface area contributed by atoms with Gasteiger partial charge >= 0.3 is 0 Å². The van der Waals surface area contributed by atoms with E-state index < -0.39 is 0 Å². The zero-order valence-electron chi connectivity index (χ0n) is 10.9. The number of benzene rings is 1. The van der Waals surface area contributed by atoms with Crippen LogP contribution < -0.4 is 0 Å². The van der Waals surface area contributed by atoms with Crippen molar-refractivity contribution in [3.63, 3.8) is 0 Å². The number of imidazole rings is 1. The number of aromatic amines is 1. The Labute approximate surface area is 117 Å². The van der Waals surface area contributed by atoms with Crippen LogP contribution >= 0.6 is 15.9 Å². The highest BCUT2D eigenvalue weighted by molar-refractivity contribution is 9.10. The minimum atomic E-state index is 0.508. The van der Waals surface area contributed by atoms with Crippen molar-refractivity contribution in [2.24, 2.45) is 0 Å². The SMILES string of the molecule is CCCCC(C)c1ncc(-c2ccc(Br)cc2)[nH]1. The molecule has 2 rings (SSSR count). The van der Waals surface area contributed by atoms with Gasteiger partial charge in [-0.05, 0) is 24.1 Å². The smallest absolute Gasteiger partial charge is 0.109 e. The summed E-state index contributed by atoms with van der Waals surface area (Å²) in [6.07, 6.45) is 5.63. The standard InChI is InChI=1S/C15H19BrN2/c1-3-4-5-11(2)15-17-10-14(18-15)12-6-8-13(16)9-7-12/h6-11H,3-5H2,1-2H3,(H,17,18). The Balaban J connectivity index is 2.12. The van der Waals surface area contributed by atoms with Crippen LogP contribution in [0.1, 0.15) is 44.9 Å². The van der Waals surface area contributed by atoms with Crippen LogP contribution in [0.2, 0.25) is 0 Å². The Hall–Kier alpha value is -1.09. The van der Waals surface area contributed by atoms with Gasteiger partial charge in [-0.2, -0.15) is 0 Å². The number of hydrogen-bond donors (Lipinski definition) is 1. The number of unbranched alkanes of at least 4 members (excludes halogenated alkanes) is 1. The van der Waals surface area contributed by atoms with Crippen LogP contribution in [0, 0.1) is 0 Å². The maximum atomic E-state index is 4.50. The lowest BCUT2D eigenvalue weighted by atomic mass is 10.0. The second-order valence-corrected chi connectivity index (χ2v) is 5.65. The third-order valence-corrected chi connectivity index (χ3v) is 3.74. The summed E-state index contributed by atoms with van der Waals surface area (Å²) in [4.78, 5) is 7.93. The van der Waals surface area contributed by atoms with E-state index >= 15 is 0 Å². The summed E-state index contributed by atoms with van der Waals surface area (Å²) < 4.78 is 1.10. The lowest BCUT2D eigenvalue weighted by molar-refractivity contribution is 0.601. The summed E-state index contributed by atoms with van der Waals surface area (Å²) in [5.74, 6) is 1.61. The van der Waals surface area contributed by atoms with Crippen LogP contribution in [0.5, 0.6) is 0 Å². The number of halogens is 1. The highest BCUT2D eigenvalue weighted by Gasteiger charge is 2.10. The number of nitrogens with zero attached hydrogens (tertiary/aromatic N) is 1. The van der Waals surface area contributed by atoms with Crippen molar-refractivity contribution in [3.05, 3.63) is 40.8 Å². The lowest BCUT2D eigenvalue weighted by Gasteiger charge is -2.06. The molecule has 0 aliphatic carbocycles. The molecule has 1 atom stereocenters. The van der Waals surface area contributed by atoms with E-state index in [-0.39, 0.29) is 0 Å². The number of nitrogens with one attached hydrogen (secondary N) is 1. The molecule has 1 aromatic heterocycles. The molecular weight excluding hydrogens is 288 g/mol. The summed E-state index contributed by atoms with van der Waals surface area (Å²) >= 11 is 3.45. The first-order valence-electron chi connectivity index (χ1n) is 6.51. The minimum Gasteiger partial charge on any atom is -0.342 e. The van der Waals surface area contributed by atoms with E-state index in [0.29, 0.717) is 5.92 Å². The molecule has 0 amide bonds. The molecule has 2 aromatic rings. The molecule has 0 aliphatic heterocycles. The predicted octanol–water partition coefficient (Wildman–Crippen LogP) is 5.13. The fourth-order valence-corrected chi connectivity index (χ4v) is 2.27. The predicted molar refractivity (Wildman–Crippen MR) is 79.7 cm³/mol. The third kappa shape index (κ3) is 3.22. The second kappa shape index (κ2) is 6.19. The fraction of sp³-hybridized carbons (Fsp3) is 0.400. The number of H-pyrrole nitrogens is 1. The summed E-state index contributed by atoms with van der Waals surface area (Å²) in [7, 11) is 0. The Morgan fingerprint density at radius 2 is 2.00 bits per heavy atom. The summed E-state index contributed by atoms with van der Waals surface area (Å²) in [6.45, 7) is 4.46. The highest BCUT2D eigenvalue weighted by Crippen LogP contribution is 2.24. The second-order valence-electron chi connectivity index (χ2n) is 4.73. The molecular formula is C15H19BrN2. The maximum absolute atomic E-state index is 4.50. The fourth-order valence-electron chi connectivity index (χ4n) is 2.01. The monoisotopic (exact) mass is 306 g/mol. The molecule has 0 aliphatic rings. The molecule has 3 heteroatoms. The molecule has 0 radical (unpaired) electrons. The molecule has 1 aromatic carbocycles. The Bertz CT molecular complexity index is 487. The topological polar surface area (TPSA) is 28.7 Å². The van der Waals surface area contributed by atoms with Crippen molar-refractivity contribution in [1.29, 1.82) is 0 Å². The van der Waals surface area contributed by atoms with Crippen LogP contribution in [0.25, 0.3) is 11.3 Å². The molecule has 2 nitrogen and oxygen atoms in total. The quantitative estimate of drug-likeness (QED) is 0.814. The average Bonchev–Trinajstić information content (AvgIpc) is 2.86. The van der Waals surface area contributed by atoms with Gasteiger partial charge in [-0.1, -0.05) is 54.8 Å². The normalized spacial score (nSPS) is 12.6. The molecule has 0 saturated carbocycles. The summed E-state index contributed by atoms with van der Waals surface area (Å²) in [6, 6.07) is 8.29. The number of aromatic nitrogens is 2. The number of rotatable bonds is 5. The number of hydrogen-bond acceptors (Lipinski definition) is 1. The van der Waals surface area contributed by atoms with E-state index in [2.05, 4.69) is 64.0 Å². The van der Waals surface area contributed by atoms with E-state index in [9.17, 15) is 0 Å². The van der Waals surface area contributed by atoms with E-state index in [1.54, 1.807) is 0 Å². The summed E-state index contributed by atoms with van der Waals surface area (Å²) in [5.41, 5.74) is 2.28. The van der Waals surface area contributed by atoms with Crippen molar-refractivity contribution in [1.82, 2.24) is 9.97 Å². The van der Waals surface area contributed by atoms with Gasteiger partial charge in [0.1, 0.15) is 5.82 Å². The van der Waals surface area contributed by atoms with Crippen molar-refractivity contribution in [2.45, 2.75) is 39.0 Å². The van der Waals surface area contributed by atoms with E-state index in [1.165, 1.54) is 24.8 Å². The Morgan fingerprint density at radius 3 is 2.67 bits per heavy atom. The zero-order chi connectivity index (χ0) is 13.0. The van der Waals surface area contributed by atoms with E-state index in [0.717, 1.165) is 16.0 Å². The van der Waals surface area contributed by atoms with Gasteiger partial charge in [0.2, 0.25) is 0 Å². The van der Waals surface area contributed by atoms with Gasteiger partial charge in [-0.3, -0.25) is 0 Å². The van der Waals surface area contributed by atoms with Gasteiger partial charge in [-0.15, -0.1) is 0 Å². The summed E-state index contributed by atoms with van der Waals surface area (Å²) in [5, 5.41) is 0. The molecule has 96 valence electrons. The highest BCUT2D eigenvalue weighted by atomic mass is 79.9. The van der Waals surface area contributed by atoms with Gasteiger partial charge in [0.15, 0.2) is 0 Å². The molecule has 0 fully saturated rings. The van der Waals surface area contributed by atoms with Crippen molar-refractivity contribution < 1.29 is 0 Å². The van der Waals surface area contributed by atoms with E-state index in [4.69, 9.17) is 0 Å². The molecule has 1 N–H and O–H groups in total. The molecule has 0 bridgehead atoms. The van der Waals surface area contributed by atoms with Crippen molar-refractivity contribution in [2.75, 3.05) is 0 Å². The molecule has 0 spiro atoms. The van der Waals surface area contributed by atoms with Crippen LogP contribution in [-0.4, -0.2) is 9.97 Å². The molecule has 18 heavy (non-hydrogen) atoms. The molecule has 1 heterocycles. The molecule has 1 unspecified atom stereocenters. The van der Waals surface area contributed by atoms with Crippen LogP contribution in [0.4, 0.5) is 0 Å². The largest absolute Gasteiger partial charge is 0.342 e. The maximum Gasteiger partial charge on any atom is 0.109 e. The van der Waals surface area contributed by atoms with Gasteiger partial charge in [0, 0.05) is 10.4 Å². The third-order valence-electron chi connectivity index (χ3n) is 3.21.